The van der Waals surface area contributed by atoms with Crippen molar-refractivity contribution in [2.75, 3.05) is 25.5 Å². The lowest BCUT2D eigenvalue weighted by molar-refractivity contribution is 0.0950. The van der Waals surface area contributed by atoms with Crippen molar-refractivity contribution in [1.82, 2.24) is 19.8 Å². The number of carbonyl (C=O) groups is 1. The van der Waals surface area contributed by atoms with Crippen LogP contribution in [-0.4, -0.2) is 53.1 Å². The first-order valence-corrected chi connectivity index (χ1v) is 12.9. The molecule has 1 aliphatic carbocycles. The molecule has 35 heavy (non-hydrogen) atoms. The zero-order valence-electron chi connectivity index (χ0n) is 21.4. The third-order valence-corrected chi connectivity index (χ3v) is 7.87. The number of hydrogen-bond donors (Lipinski definition) is 1. The molecule has 1 amide bonds. The average Bonchev–Trinajstić information content (AvgIpc) is 3.30. The van der Waals surface area contributed by atoms with E-state index in [2.05, 4.69) is 41.1 Å². The highest BCUT2D eigenvalue weighted by Crippen LogP contribution is 2.34. The minimum Gasteiger partial charge on any atom is -0.369 e. The van der Waals surface area contributed by atoms with Crippen LogP contribution in [0.2, 0.25) is 5.02 Å². The van der Waals surface area contributed by atoms with Crippen molar-refractivity contribution in [3.63, 3.8) is 0 Å². The van der Waals surface area contributed by atoms with Gasteiger partial charge in [-0.2, -0.15) is 4.98 Å². The number of carbonyl (C=O) groups excluding carboxylic acids is 1. The van der Waals surface area contributed by atoms with Crippen LogP contribution in [0.1, 0.15) is 65.6 Å². The van der Waals surface area contributed by atoms with E-state index in [0.29, 0.717) is 40.6 Å². The fourth-order valence-corrected chi connectivity index (χ4v) is 5.73. The van der Waals surface area contributed by atoms with Gasteiger partial charge >= 0.3 is 0 Å². The van der Waals surface area contributed by atoms with Gasteiger partial charge in [-0.25, -0.2) is 0 Å². The van der Waals surface area contributed by atoms with Gasteiger partial charge in [0, 0.05) is 47.1 Å². The smallest absolute Gasteiger partial charge is 0.278 e. The molecular formula is C27H36ClN5O2. The zero-order chi connectivity index (χ0) is 25.3. The van der Waals surface area contributed by atoms with Crippen LogP contribution in [0.4, 0.5) is 5.69 Å². The third kappa shape index (κ3) is 5.16. The molecule has 0 atom stereocenters. The predicted octanol–water partition coefficient (Wildman–Crippen LogP) is 4.17. The summed E-state index contributed by atoms with van der Waals surface area (Å²) in [5.41, 5.74) is 3.52. The molecule has 1 N–H and O–H groups in total. The molecule has 0 bridgehead atoms. The number of fused-ring (bicyclic) bond motifs is 1. The van der Waals surface area contributed by atoms with Gasteiger partial charge in [0.15, 0.2) is 0 Å². The van der Waals surface area contributed by atoms with E-state index >= 15 is 0 Å². The molecule has 0 radical (unpaired) electrons. The van der Waals surface area contributed by atoms with E-state index in [-0.39, 0.29) is 18.0 Å². The predicted molar refractivity (Wildman–Crippen MR) is 142 cm³/mol. The zero-order valence-corrected chi connectivity index (χ0v) is 22.2. The van der Waals surface area contributed by atoms with Gasteiger partial charge in [-0.15, -0.1) is 0 Å². The second-order valence-electron chi connectivity index (χ2n) is 9.84. The Balaban J connectivity index is 1.54. The summed E-state index contributed by atoms with van der Waals surface area (Å²) in [6.07, 6.45) is 8.39. The number of allylic oxidation sites excluding steroid dienone is 1. The Morgan fingerprint density at radius 2 is 1.86 bits per heavy atom. The molecular weight excluding hydrogens is 462 g/mol. The molecule has 1 saturated carbocycles. The van der Waals surface area contributed by atoms with Crippen molar-refractivity contribution >= 4 is 29.3 Å². The summed E-state index contributed by atoms with van der Waals surface area (Å²) in [4.78, 5) is 34.7. The normalized spacial score (nSPS) is 19.2. The molecule has 7 nitrogen and oxygen atoms in total. The Bertz CT molecular complexity index is 1200. The molecule has 0 saturated heterocycles. The van der Waals surface area contributed by atoms with Gasteiger partial charge in [-0.1, -0.05) is 17.7 Å². The molecule has 2 heterocycles. The Morgan fingerprint density at radius 3 is 2.51 bits per heavy atom. The van der Waals surface area contributed by atoms with Crippen molar-refractivity contribution in [2.24, 2.45) is 0 Å². The summed E-state index contributed by atoms with van der Waals surface area (Å²) >= 11 is 6.52. The quantitative estimate of drug-likeness (QED) is 0.621. The summed E-state index contributed by atoms with van der Waals surface area (Å²) in [5.74, 6) is 0.429. The van der Waals surface area contributed by atoms with Gasteiger partial charge in [-0.05, 0) is 84.3 Å². The van der Waals surface area contributed by atoms with Crippen LogP contribution in [0.25, 0.3) is 6.08 Å². The van der Waals surface area contributed by atoms with E-state index < -0.39 is 0 Å². The SMILES string of the molecule is CCN(c1cc(Cl)cc(C(=O)NCc2c(C)n3c(nc2=O)C=CC3)c1C)C1CCC(N(C)C)CC1. The molecule has 0 unspecified atom stereocenters. The minimum atomic E-state index is -0.297. The van der Waals surface area contributed by atoms with Crippen LogP contribution in [0.5, 0.6) is 0 Å². The highest BCUT2D eigenvalue weighted by molar-refractivity contribution is 6.31. The van der Waals surface area contributed by atoms with E-state index in [4.69, 9.17) is 11.6 Å². The third-order valence-electron chi connectivity index (χ3n) is 7.65. The van der Waals surface area contributed by atoms with Gasteiger partial charge in [0.2, 0.25) is 0 Å². The topological polar surface area (TPSA) is 70.5 Å². The summed E-state index contributed by atoms with van der Waals surface area (Å²) in [6.45, 7) is 7.71. The second-order valence-corrected chi connectivity index (χ2v) is 10.3. The number of nitrogens with one attached hydrogen (secondary N) is 1. The lowest BCUT2D eigenvalue weighted by Gasteiger charge is -2.40. The van der Waals surface area contributed by atoms with E-state index in [1.807, 2.05) is 36.6 Å². The monoisotopic (exact) mass is 497 g/mol. The largest absolute Gasteiger partial charge is 0.369 e. The standard InChI is InChI=1S/C27H36ClN5O2/c1-6-32(21-11-9-20(10-12-21)31(4)5)24-15-19(28)14-22(17(24)2)26(34)29-16-23-18(3)33-13-7-8-25(33)30-27(23)35/h7-8,14-15,20-21H,6,9-13,16H2,1-5H3,(H,29,34). The Kier molecular flexibility index (Phi) is 7.67. The molecule has 2 aromatic rings. The molecule has 1 aliphatic heterocycles. The molecule has 0 spiro atoms. The number of rotatable bonds is 7. The maximum absolute atomic E-state index is 13.3. The van der Waals surface area contributed by atoms with Gasteiger partial charge in [0.25, 0.3) is 11.5 Å². The van der Waals surface area contributed by atoms with Gasteiger partial charge in [-0.3, -0.25) is 9.59 Å². The molecule has 1 aromatic heterocycles. The van der Waals surface area contributed by atoms with Gasteiger partial charge < -0.3 is 19.7 Å². The van der Waals surface area contributed by atoms with Crippen LogP contribution >= 0.6 is 11.6 Å². The summed E-state index contributed by atoms with van der Waals surface area (Å²) in [5, 5.41) is 3.48. The van der Waals surface area contributed by atoms with E-state index in [0.717, 1.165) is 36.3 Å². The second kappa shape index (κ2) is 10.5. The van der Waals surface area contributed by atoms with Crippen molar-refractivity contribution in [1.29, 1.82) is 0 Å². The van der Waals surface area contributed by atoms with E-state index in [1.165, 1.54) is 12.8 Å². The molecule has 2 aliphatic rings. The molecule has 188 valence electrons. The fraction of sp³-hybridized carbons (Fsp3) is 0.519. The minimum absolute atomic E-state index is 0.129. The Labute approximate surface area is 212 Å². The van der Waals surface area contributed by atoms with Crippen molar-refractivity contribution in [3.8, 4) is 0 Å². The Hall–Kier alpha value is -2.64. The van der Waals surface area contributed by atoms with Crippen LogP contribution in [0, 0.1) is 13.8 Å². The number of anilines is 1. The lowest BCUT2D eigenvalue weighted by atomic mass is 9.89. The highest BCUT2D eigenvalue weighted by atomic mass is 35.5. The molecule has 1 aromatic carbocycles. The average molecular weight is 498 g/mol. The van der Waals surface area contributed by atoms with Crippen molar-refractivity contribution in [2.45, 2.75) is 71.6 Å². The number of halogens is 1. The summed E-state index contributed by atoms with van der Waals surface area (Å²) < 4.78 is 1.98. The fourth-order valence-electron chi connectivity index (χ4n) is 5.52. The van der Waals surface area contributed by atoms with Crippen LogP contribution < -0.4 is 15.8 Å². The maximum Gasteiger partial charge on any atom is 0.278 e. The van der Waals surface area contributed by atoms with Gasteiger partial charge in [0.05, 0.1) is 12.1 Å². The molecule has 4 rings (SSSR count). The number of nitrogens with zero attached hydrogens (tertiary/aromatic N) is 4. The first-order valence-electron chi connectivity index (χ1n) is 12.5. The highest BCUT2D eigenvalue weighted by Gasteiger charge is 2.28. The lowest BCUT2D eigenvalue weighted by Crippen LogP contribution is -2.42. The summed E-state index contributed by atoms with van der Waals surface area (Å²) in [6, 6.07) is 4.75. The number of amides is 1. The first-order chi connectivity index (χ1) is 16.7. The van der Waals surface area contributed by atoms with E-state index in [9.17, 15) is 9.59 Å². The maximum atomic E-state index is 13.3. The van der Waals surface area contributed by atoms with E-state index in [1.54, 1.807) is 6.07 Å². The first kappa shape index (κ1) is 25.5. The number of benzene rings is 1. The Morgan fingerprint density at radius 1 is 1.17 bits per heavy atom. The van der Waals surface area contributed by atoms with Crippen LogP contribution in [0.15, 0.2) is 23.0 Å². The van der Waals surface area contributed by atoms with Crippen LogP contribution in [0.3, 0.4) is 0 Å². The van der Waals surface area contributed by atoms with Crippen molar-refractivity contribution < 1.29 is 4.79 Å². The summed E-state index contributed by atoms with van der Waals surface area (Å²) in [7, 11) is 4.31. The van der Waals surface area contributed by atoms with Gasteiger partial charge in [0.1, 0.15) is 5.82 Å². The number of hydrogen-bond acceptors (Lipinski definition) is 5. The molecule has 8 heteroatoms. The molecule has 1 fully saturated rings. The van der Waals surface area contributed by atoms with Crippen LogP contribution in [-0.2, 0) is 13.1 Å². The number of aromatic nitrogens is 2. The van der Waals surface area contributed by atoms with Crippen molar-refractivity contribution in [3.05, 3.63) is 61.8 Å².